The van der Waals surface area contributed by atoms with Crippen LogP contribution < -0.4 is 10.9 Å². The Morgan fingerprint density at radius 2 is 2.00 bits per heavy atom. The van der Waals surface area contributed by atoms with Crippen molar-refractivity contribution in [3.8, 4) is 0 Å². The number of benzene rings is 1. The van der Waals surface area contributed by atoms with Crippen LogP contribution in [0.1, 0.15) is 39.0 Å². The second kappa shape index (κ2) is 7.96. The molecule has 3 N–H and O–H groups in total. The van der Waals surface area contributed by atoms with Gasteiger partial charge in [-0.2, -0.15) is 0 Å². The SMILES string of the molecule is CCCCCC(CCO)N(N)c1ccnc2ccccc12. The molecule has 0 saturated heterocycles. The zero-order valence-corrected chi connectivity index (χ0v) is 12.7. The molecule has 0 saturated carbocycles. The predicted molar refractivity (Wildman–Crippen MR) is 88.0 cm³/mol. The highest BCUT2D eigenvalue weighted by atomic mass is 16.3. The summed E-state index contributed by atoms with van der Waals surface area (Å²) in [6, 6.07) is 10.1. The van der Waals surface area contributed by atoms with Gasteiger partial charge in [0, 0.05) is 24.2 Å². The smallest absolute Gasteiger partial charge is 0.0723 e. The Labute approximate surface area is 126 Å². The monoisotopic (exact) mass is 287 g/mol. The Kier molecular flexibility index (Phi) is 5.96. The van der Waals surface area contributed by atoms with Gasteiger partial charge >= 0.3 is 0 Å². The van der Waals surface area contributed by atoms with Gasteiger partial charge in [-0.15, -0.1) is 0 Å². The van der Waals surface area contributed by atoms with E-state index in [0.29, 0.717) is 6.42 Å². The van der Waals surface area contributed by atoms with E-state index in [1.807, 2.05) is 35.3 Å². The Balaban J connectivity index is 2.23. The summed E-state index contributed by atoms with van der Waals surface area (Å²) in [6.07, 6.45) is 7.01. The fourth-order valence-electron chi connectivity index (χ4n) is 2.70. The van der Waals surface area contributed by atoms with Gasteiger partial charge in [-0.25, -0.2) is 5.84 Å². The molecule has 1 heterocycles. The summed E-state index contributed by atoms with van der Waals surface area (Å²) in [4.78, 5) is 4.37. The van der Waals surface area contributed by atoms with E-state index in [2.05, 4.69) is 11.9 Å². The molecule has 0 aliphatic rings. The van der Waals surface area contributed by atoms with E-state index >= 15 is 0 Å². The molecule has 1 atom stereocenters. The first-order valence-corrected chi connectivity index (χ1v) is 7.76. The van der Waals surface area contributed by atoms with Crippen molar-refractivity contribution in [2.45, 2.75) is 45.1 Å². The summed E-state index contributed by atoms with van der Waals surface area (Å²) in [6.45, 7) is 2.35. The highest BCUT2D eigenvalue weighted by Crippen LogP contribution is 2.26. The molecule has 4 nitrogen and oxygen atoms in total. The highest BCUT2D eigenvalue weighted by molar-refractivity contribution is 5.91. The van der Waals surface area contributed by atoms with Crippen molar-refractivity contribution in [3.05, 3.63) is 36.5 Å². The Bertz CT molecular complexity index is 553. The van der Waals surface area contributed by atoms with Crippen LogP contribution in [0.15, 0.2) is 36.5 Å². The number of fused-ring (bicyclic) bond motifs is 1. The molecule has 1 unspecified atom stereocenters. The zero-order valence-electron chi connectivity index (χ0n) is 12.7. The van der Waals surface area contributed by atoms with Gasteiger partial charge < -0.3 is 10.1 Å². The van der Waals surface area contributed by atoms with Crippen LogP contribution in [0.4, 0.5) is 5.69 Å². The number of nitrogens with two attached hydrogens (primary N) is 1. The molecular formula is C17H25N3O. The van der Waals surface area contributed by atoms with Crippen LogP contribution in [-0.2, 0) is 0 Å². The van der Waals surface area contributed by atoms with Crippen LogP contribution in [0, 0.1) is 0 Å². The Morgan fingerprint density at radius 3 is 2.76 bits per heavy atom. The van der Waals surface area contributed by atoms with Gasteiger partial charge in [0.15, 0.2) is 0 Å². The van der Waals surface area contributed by atoms with Gasteiger partial charge in [0.2, 0.25) is 0 Å². The number of hydrogen-bond acceptors (Lipinski definition) is 4. The maximum absolute atomic E-state index is 9.31. The summed E-state index contributed by atoms with van der Waals surface area (Å²) in [5, 5.41) is 12.2. The molecule has 0 aliphatic carbocycles. The number of aliphatic hydroxyl groups is 1. The minimum atomic E-state index is 0.160. The summed E-state index contributed by atoms with van der Waals surface area (Å²) in [5.74, 6) is 6.37. The van der Waals surface area contributed by atoms with Crippen molar-refractivity contribution in [2.75, 3.05) is 11.6 Å². The molecule has 2 aromatic rings. The van der Waals surface area contributed by atoms with Crippen molar-refractivity contribution in [3.63, 3.8) is 0 Å². The number of para-hydroxylation sites is 1. The van der Waals surface area contributed by atoms with Crippen LogP contribution in [-0.4, -0.2) is 22.7 Å². The average molecular weight is 287 g/mol. The second-order valence-electron chi connectivity index (χ2n) is 5.42. The summed E-state index contributed by atoms with van der Waals surface area (Å²) in [7, 11) is 0. The molecule has 0 radical (unpaired) electrons. The number of nitrogens with zero attached hydrogens (tertiary/aromatic N) is 2. The van der Waals surface area contributed by atoms with Gasteiger partial charge in [-0.1, -0.05) is 44.4 Å². The molecule has 1 aromatic carbocycles. The summed E-state index contributed by atoms with van der Waals surface area (Å²) < 4.78 is 0. The van der Waals surface area contributed by atoms with E-state index in [1.165, 1.54) is 12.8 Å². The molecule has 21 heavy (non-hydrogen) atoms. The molecule has 0 bridgehead atoms. The van der Waals surface area contributed by atoms with Gasteiger partial charge in [0.1, 0.15) is 0 Å². The largest absolute Gasteiger partial charge is 0.396 e. The van der Waals surface area contributed by atoms with Crippen LogP contribution in [0.25, 0.3) is 10.9 Å². The second-order valence-corrected chi connectivity index (χ2v) is 5.42. The van der Waals surface area contributed by atoms with Gasteiger partial charge in [0.05, 0.1) is 11.2 Å². The molecule has 0 amide bonds. The van der Waals surface area contributed by atoms with E-state index in [9.17, 15) is 5.11 Å². The number of unbranched alkanes of at least 4 members (excludes halogenated alkanes) is 2. The molecule has 4 heteroatoms. The van der Waals surface area contributed by atoms with Gasteiger partial charge in [-0.3, -0.25) is 4.98 Å². The van der Waals surface area contributed by atoms with E-state index in [-0.39, 0.29) is 12.6 Å². The van der Waals surface area contributed by atoms with E-state index in [0.717, 1.165) is 29.4 Å². The lowest BCUT2D eigenvalue weighted by Crippen LogP contribution is -2.42. The summed E-state index contributed by atoms with van der Waals surface area (Å²) in [5.41, 5.74) is 1.93. The Morgan fingerprint density at radius 1 is 1.19 bits per heavy atom. The first-order valence-electron chi connectivity index (χ1n) is 7.76. The first kappa shape index (κ1) is 15.7. The van der Waals surface area contributed by atoms with Crippen LogP contribution in [0.3, 0.4) is 0 Å². The molecule has 0 spiro atoms. The fraction of sp³-hybridized carbons (Fsp3) is 0.471. The number of pyridine rings is 1. The molecule has 0 aliphatic heterocycles. The van der Waals surface area contributed by atoms with Crippen molar-refractivity contribution in [2.24, 2.45) is 5.84 Å². The third-order valence-corrected chi connectivity index (χ3v) is 3.90. The Hall–Kier alpha value is -1.65. The predicted octanol–water partition coefficient (Wildman–Crippen LogP) is 3.25. The van der Waals surface area contributed by atoms with Crippen molar-refractivity contribution in [1.82, 2.24) is 4.98 Å². The quantitative estimate of drug-likeness (QED) is 0.444. The van der Waals surface area contributed by atoms with E-state index in [1.54, 1.807) is 6.20 Å². The van der Waals surface area contributed by atoms with Gasteiger partial charge in [-0.05, 0) is 25.0 Å². The topological polar surface area (TPSA) is 62.4 Å². The lowest BCUT2D eigenvalue weighted by atomic mass is 10.0. The van der Waals surface area contributed by atoms with E-state index in [4.69, 9.17) is 5.84 Å². The van der Waals surface area contributed by atoms with Gasteiger partial charge in [0.25, 0.3) is 0 Å². The molecule has 0 fully saturated rings. The number of aromatic nitrogens is 1. The number of hydrazine groups is 1. The van der Waals surface area contributed by atoms with E-state index < -0.39 is 0 Å². The summed E-state index contributed by atoms with van der Waals surface area (Å²) >= 11 is 0. The molecule has 114 valence electrons. The third kappa shape index (κ3) is 3.93. The minimum Gasteiger partial charge on any atom is -0.396 e. The van der Waals surface area contributed by atoms with Crippen LogP contribution in [0.5, 0.6) is 0 Å². The van der Waals surface area contributed by atoms with Crippen molar-refractivity contribution in [1.29, 1.82) is 0 Å². The van der Waals surface area contributed by atoms with Crippen LogP contribution in [0.2, 0.25) is 0 Å². The highest BCUT2D eigenvalue weighted by Gasteiger charge is 2.17. The standard InChI is InChI=1S/C17H25N3O/c1-2-3-4-7-14(11-13-21)20(18)17-10-12-19-16-9-6-5-8-15(16)17/h5-6,8-10,12,14,21H,2-4,7,11,13,18H2,1H3. The number of hydrogen-bond donors (Lipinski definition) is 2. The molecule has 1 aromatic heterocycles. The van der Waals surface area contributed by atoms with Crippen LogP contribution >= 0.6 is 0 Å². The first-order chi connectivity index (χ1) is 10.3. The normalized spacial score (nSPS) is 12.5. The molecule has 2 rings (SSSR count). The molecular weight excluding hydrogens is 262 g/mol. The third-order valence-electron chi connectivity index (χ3n) is 3.90. The lowest BCUT2D eigenvalue weighted by Gasteiger charge is -2.30. The average Bonchev–Trinajstić information content (AvgIpc) is 2.53. The minimum absolute atomic E-state index is 0.160. The van der Waals surface area contributed by atoms with Crippen molar-refractivity contribution < 1.29 is 5.11 Å². The maximum atomic E-state index is 9.31. The number of rotatable bonds is 8. The lowest BCUT2D eigenvalue weighted by molar-refractivity contribution is 0.268. The fourth-order valence-corrected chi connectivity index (χ4v) is 2.70. The van der Waals surface area contributed by atoms with Crippen molar-refractivity contribution >= 4 is 16.6 Å². The number of anilines is 1. The zero-order chi connectivity index (χ0) is 15.1. The number of aliphatic hydroxyl groups excluding tert-OH is 1. The maximum Gasteiger partial charge on any atom is 0.0723 e.